The lowest BCUT2D eigenvalue weighted by atomic mass is 9.70. The van der Waals surface area contributed by atoms with E-state index in [0.29, 0.717) is 23.0 Å². The lowest BCUT2D eigenvalue weighted by Gasteiger charge is -2.29. The van der Waals surface area contributed by atoms with Crippen molar-refractivity contribution in [1.82, 2.24) is 5.32 Å². The van der Waals surface area contributed by atoms with Gasteiger partial charge in [0, 0.05) is 28.9 Å². The summed E-state index contributed by atoms with van der Waals surface area (Å²) >= 11 is 5.86. The molecule has 0 spiro atoms. The molecule has 3 N–H and O–H groups in total. The molecule has 1 aliphatic carbocycles. The molecule has 1 unspecified atom stereocenters. The number of phenols is 2. The highest BCUT2D eigenvalue weighted by atomic mass is 35.5. The van der Waals surface area contributed by atoms with Crippen LogP contribution in [-0.4, -0.2) is 40.7 Å². The number of ketones is 3. The SMILES string of the molecule is CC(=O)c1c(O)c(C)c(O)c2c1OC1=CC(=O)C(=C(C)NCCOc3ccc(Cl)cc3)C(=O)C12C. The monoisotopic (exact) mass is 497 g/mol. The smallest absolute Gasteiger partial charge is 0.194 e. The van der Waals surface area contributed by atoms with Crippen LogP contribution >= 0.6 is 11.6 Å². The summed E-state index contributed by atoms with van der Waals surface area (Å²) < 4.78 is 11.4. The highest BCUT2D eigenvalue weighted by molar-refractivity contribution is 6.31. The summed E-state index contributed by atoms with van der Waals surface area (Å²) in [6.07, 6.45) is 1.18. The maximum Gasteiger partial charge on any atom is 0.194 e. The number of ether oxygens (including phenoxy) is 2. The van der Waals surface area contributed by atoms with Crippen LogP contribution < -0.4 is 14.8 Å². The molecule has 9 heteroatoms. The standard InChI is InChI=1S/C26H24ClNO7/c1-12-22(31)20(14(3)29)24-21(23(12)32)26(4)18(35-24)11-17(30)19(25(26)33)13(2)28-9-10-34-16-7-5-15(27)6-8-16/h5-8,11,28,31-32H,9-10H2,1-4H3. The second-order valence-corrected chi connectivity index (χ2v) is 9.05. The van der Waals surface area contributed by atoms with Crippen LogP contribution in [-0.2, 0) is 15.0 Å². The van der Waals surface area contributed by atoms with Crippen molar-refractivity contribution in [2.45, 2.75) is 33.1 Å². The minimum Gasteiger partial charge on any atom is -0.507 e. The molecule has 1 heterocycles. The fourth-order valence-corrected chi connectivity index (χ4v) is 4.52. The Morgan fingerprint density at radius 3 is 2.43 bits per heavy atom. The molecule has 2 aromatic carbocycles. The zero-order chi connectivity index (χ0) is 25.7. The summed E-state index contributed by atoms with van der Waals surface area (Å²) in [5, 5.41) is 24.9. The summed E-state index contributed by atoms with van der Waals surface area (Å²) in [5.74, 6) is -1.94. The maximum atomic E-state index is 13.7. The molecule has 0 fully saturated rings. The van der Waals surface area contributed by atoms with Crippen LogP contribution in [0.3, 0.4) is 0 Å². The van der Waals surface area contributed by atoms with E-state index in [1.165, 1.54) is 26.8 Å². The Bertz CT molecular complexity index is 1340. The Labute approximate surface area is 206 Å². The fourth-order valence-electron chi connectivity index (χ4n) is 4.39. The van der Waals surface area contributed by atoms with Gasteiger partial charge in [0.15, 0.2) is 17.3 Å². The number of phenolic OH excluding ortho intramolecular Hbond substituents is 2. The summed E-state index contributed by atoms with van der Waals surface area (Å²) in [6.45, 7) is 6.38. The first-order valence-electron chi connectivity index (χ1n) is 10.9. The molecular formula is C26H24ClNO7. The summed E-state index contributed by atoms with van der Waals surface area (Å²) in [4.78, 5) is 38.9. The molecule has 1 atom stereocenters. The number of halogens is 1. The van der Waals surface area contributed by atoms with E-state index in [-0.39, 0.29) is 46.1 Å². The Morgan fingerprint density at radius 1 is 1.14 bits per heavy atom. The van der Waals surface area contributed by atoms with Gasteiger partial charge >= 0.3 is 0 Å². The van der Waals surface area contributed by atoms with Gasteiger partial charge in [-0.3, -0.25) is 14.4 Å². The van der Waals surface area contributed by atoms with Crippen molar-refractivity contribution in [3.8, 4) is 23.0 Å². The molecule has 0 saturated heterocycles. The molecule has 4 rings (SSSR count). The van der Waals surface area contributed by atoms with Crippen molar-refractivity contribution >= 4 is 29.0 Å². The topological polar surface area (TPSA) is 122 Å². The summed E-state index contributed by atoms with van der Waals surface area (Å²) in [7, 11) is 0. The minimum atomic E-state index is -1.55. The third-order valence-electron chi connectivity index (χ3n) is 6.33. The second-order valence-electron chi connectivity index (χ2n) is 8.62. The number of aromatic hydroxyl groups is 2. The fraction of sp³-hybridized carbons (Fsp3) is 0.269. The third-order valence-corrected chi connectivity index (χ3v) is 6.59. The van der Waals surface area contributed by atoms with E-state index in [0.717, 1.165) is 0 Å². The first kappa shape index (κ1) is 24.3. The largest absolute Gasteiger partial charge is 0.507 e. The zero-order valence-corrected chi connectivity index (χ0v) is 20.4. The van der Waals surface area contributed by atoms with Gasteiger partial charge in [0.05, 0.1) is 11.1 Å². The molecular weight excluding hydrogens is 474 g/mol. The number of Topliss-reactive ketones (excluding diaryl/α,β-unsaturated/α-hetero) is 2. The zero-order valence-electron chi connectivity index (χ0n) is 19.6. The number of benzene rings is 2. The van der Waals surface area contributed by atoms with Crippen LogP contribution in [0, 0.1) is 6.92 Å². The van der Waals surface area contributed by atoms with E-state index in [1.54, 1.807) is 31.2 Å². The van der Waals surface area contributed by atoms with Gasteiger partial charge in [0.2, 0.25) is 0 Å². The molecule has 0 radical (unpaired) electrons. The Balaban J connectivity index is 1.66. The van der Waals surface area contributed by atoms with E-state index < -0.39 is 28.5 Å². The normalized spacial score (nSPS) is 20.0. The van der Waals surface area contributed by atoms with E-state index in [2.05, 4.69) is 5.32 Å². The van der Waals surface area contributed by atoms with Crippen LogP contribution in [0.25, 0.3) is 0 Å². The van der Waals surface area contributed by atoms with Gasteiger partial charge in [-0.05, 0) is 52.0 Å². The highest BCUT2D eigenvalue weighted by Gasteiger charge is 2.56. The molecule has 0 amide bonds. The lowest BCUT2D eigenvalue weighted by molar-refractivity contribution is -0.123. The van der Waals surface area contributed by atoms with Crippen LogP contribution in [0.2, 0.25) is 5.02 Å². The van der Waals surface area contributed by atoms with E-state index >= 15 is 0 Å². The van der Waals surface area contributed by atoms with Crippen molar-refractivity contribution in [2.24, 2.45) is 0 Å². The number of allylic oxidation sites excluding steroid dienone is 4. The lowest BCUT2D eigenvalue weighted by Crippen LogP contribution is -2.41. The van der Waals surface area contributed by atoms with E-state index in [1.807, 2.05) is 0 Å². The van der Waals surface area contributed by atoms with Gasteiger partial charge in [-0.1, -0.05) is 11.6 Å². The Kier molecular flexibility index (Phi) is 6.11. The van der Waals surface area contributed by atoms with Gasteiger partial charge in [-0.15, -0.1) is 0 Å². The quantitative estimate of drug-likeness (QED) is 0.238. The first-order chi connectivity index (χ1) is 16.5. The van der Waals surface area contributed by atoms with E-state index in [9.17, 15) is 24.6 Å². The highest BCUT2D eigenvalue weighted by Crippen LogP contribution is 2.57. The predicted octanol–water partition coefficient (Wildman–Crippen LogP) is 3.89. The van der Waals surface area contributed by atoms with Gasteiger partial charge < -0.3 is 25.0 Å². The molecule has 182 valence electrons. The van der Waals surface area contributed by atoms with Gasteiger partial charge in [-0.25, -0.2) is 0 Å². The Morgan fingerprint density at radius 2 is 1.80 bits per heavy atom. The van der Waals surface area contributed by atoms with Crippen LogP contribution in [0.15, 0.2) is 47.4 Å². The minimum absolute atomic E-state index is 0.00655. The number of hydrogen-bond acceptors (Lipinski definition) is 8. The van der Waals surface area contributed by atoms with Crippen molar-refractivity contribution in [3.05, 3.63) is 69.1 Å². The molecule has 0 bridgehead atoms. The maximum absolute atomic E-state index is 13.7. The molecule has 0 aromatic heterocycles. The van der Waals surface area contributed by atoms with Crippen molar-refractivity contribution in [1.29, 1.82) is 0 Å². The second kappa shape index (κ2) is 8.78. The number of fused-ring (bicyclic) bond motifs is 3. The molecule has 35 heavy (non-hydrogen) atoms. The van der Waals surface area contributed by atoms with Crippen molar-refractivity contribution < 1.29 is 34.1 Å². The van der Waals surface area contributed by atoms with E-state index in [4.69, 9.17) is 21.1 Å². The van der Waals surface area contributed by atoms with Crippen molar-refractivity contribution in [3.63, 3.8) is 0 Å². The van der Waals surface area contributed by atoms with Crippen molar-refractivity contribution in [2.75, 3.05) is 13.2 Å². The third kappa shape index (κ3) is 3.83. The average molecular weight is 498 g/mol. The number of nitrogens with one attached hydrogen (secondary N) is 1. The first-order valence-corrected chi connectivity index (χ1v) is 11.3. The van der Waals surface area contributed by atoms with Gasteiger partial charge in [0.1, 0.15) is 46.3 Å². The molecule has 2 aliphatic rings. The molecule has 1 aliphatic heterocycles. The average Bonchev–Trinajstić information content (AvgIpc) is 3.09. The van der Waals surface area contributed by atoms with Crippen LogP contribution in [0.4, 0.5) is 0 Å². The predicted molar refractivity (Wildman–Crippen MR) is 128 cm³/mol. The molecule has 8 nitrogen and oxygen atoms in total. The molecule has 2 aromatic rings. The van der Waals surface area contributed by atoms with Crippen LogP contribution in [0.5, 0.6) is 23.0 Å². The summed E-state index contributed by atoms with van der Waals surface area (Å²) in [6, 6.07) is 6.87. The van der Waals surface area contributed by atoms with Gasteiger partial charge in [0.25, 0.3) is 0 Å². The summed E-state index contributed by atoms with van der Waals surface area (Å²) in [5.41, 5.74) is -1.34. The number of rotatable bonds is 6. The Hall–Kier alpha value is -3.78. The van der Waals surface area contributed by atoms with Gasteiger partial charge in [-0.2, -0.15) is 0 Å². The number of hydrogen-bond donors (Lipinski definition) is 3. The number of carbonyl (C=O) groups excluding carboxylic acids is 3. The van der Waals surface area contributed by atoms with Crippen LogP contribution in [0.1, 0.15) is 42.3 Å². The number of carbonyl (C=O) groups is 3. The molecule has 0 saturated carbocycles.